The second kappa shape index (κ2) is 6.57. The number of anilines is 1. The molecule has 0 saturated heterocycles. The van der Waals surface area contributed by atoms with Crippen molar-refractivity contribution in [2.45, 2.75) is 13.8 Å². The molecule has 4 nitrogen and oxygen atoms in total. The van der Waals surface area contributed by atoms with E-state index in [2.05, 4.69) is 5.32 Å². The fourth-order valence-electron chi connectivity index (χ4n) is 1.58. The van der Waals surface area contributed by atoms with Crippen LogP contribution >= 0.6 is 11.6 Å². The third-order valence-corrected chi connectivity index (χ3v) is 3.37. The van der Waals surface area contributed by atoms with Crippen molar-refractivity contribution in [2.75, 3.05) is 24.8 Å². The number of alkyl halides is 1. The molecule has 0 saturated carbocycles. The van der Waals surface area contributed by atoms with E-state index in [4.69, 9.17) is 11.6 Å². The molecule has 0 spiro atoms. The highest BCUT2D eigenvalue weighted by atomic mass is 35.5. The molecule has 19 heavy (non-hydrogen) atoms. The van der Waals surface area contributed by atoms with E-state index in [0.717, 1.165) is 0 Å². The first-order valence-corrected chi connectivity index (χ1v) is 6.56. The smallest absolute Gasteiger partial charge is 0.243 e. The summed E-state index contributed by atoms with van der Waals surface area (Å²) in [7, 11) is 1.60. The van der Waals surface area contributed by atoms with E-state index in [1.165, 1.54) is 4.90 Å². The van der Waals surface area contributed by atoms with Gasteiger partial charge in [-0.3, -0.25) is 9.59 Å². The molecule has 0 aliphatic carbocycles. The Hall–Kier alpha value is -1.55. The molecule has 2 amide bonds. The molecule has 0 atom stereocenters. The lowest BCUT2D eigenvalue weighted by molar-refractivity contribution is -0.140. The van der Waals surface area contributed by atoms with E-state index in [1.54, 1.807) is 33.0 Å². The summed E-state index contributed by atoms with van der Waals surface area (Å²) < 4.78 is 0. The molecule has 0 bridgehead atoms. The van der Waals surface area contributed by atoms with Crippen LogP contribution in [0.3, 0.4) is 0 Å². The summed E-state index contributed by atoms with van der Waals surface area (Å²) in [6.07, 6.45) is 0. The van der Waals surface area contributed by atoms with Crippen LogP contribution in [0.1, 0.15) is 13.8 Å². The van der Waals surface area contributed by atoms with Crippen LogP contribution in [-0.2, 0) is 9.59 Å². The van der Waals surface area contributed by atoms with E-state index >= 15 is 0 Å². The number of nitrogens with one attached hydrogen (secondary N) is 1. The number of benzene rings is 1. The predicted molar refractivity (Wildman–Crippen MR) is 77.2 cm³/mol. The third-order valence-electron chi connectivity index (χ3n) is 2.70. The number of para-hydroxylation sites is 1. The highest BCUT2D eigenvalue weighted by molar-refractivity contribution is 6.19. The van der Waals surface area contributed by atoms with Gasteiger partial charge in [0.15, 0.2) is 0 Å². The number of hydrogen-bond donors (Lipinski definition) is 1. The van der Waals surface area contributed by atoms with Gasteiger partial charge in [0.25, 0.3) is 0 Å². The van der Waals surface area contributed by atoms with Crippen molar-refractivity contribution < 1.29 is 9.59 Å². The van der Waals surface area contributed by atoms with Gasteiger partial charge in [0.05, 0.1) is 12.0 Å². The van der Waals surface area contributed by atoms with Gasteiger partial charge in [-0.05, 0) is 26.0 Å². The number of hydrogen-bond acceptors (Lipinski definition) is 2. The fourth-order valence-corrected chi connectivity index (χ4v) is 1.70. The molecular formula is C14H19ClN2O2. The SMILES string of the molecule is CN(CC(=O)Nc1ccccc1)C(=O)C(C)(C)CCl. The van der Waals surface area contributed by atoms with Gasteiger partial charge >= 0.3 is 0 Å². The summed E-state index contributed by atoms with van der Waals surface area (Å²) in [5, 5.41) is 2.73. The van der Waals surface area contributed by atoms with Gasteiger partial charge in [-0.25, -0.2) is 0 Å². The highest BCUT2D eigenvalue weighted by Gasteiger charge is 2.30. The predicted octanol–water partition coefficient (Wildman–Crippen LogP) is 2.35. The zero-order valence-corrected chi connectivity index (χ0v) is 12.2. The largest absolute Gasteiger partial charge is 0.336 e. The number of likely N-dealkylation sites (N-methyl/N-ethyl adjacent to an activating group) is 1. The van der Waals surface area contributed by atoms with Crippen molar-refractivity contribution in [3.05, 3.63) is 30.3 Å². The van der Waals surface area contributed by atoms with Crippen LogP contribution < -0.4 is 5.32 Å². The van der Waals surface area contributed by atoms with Crippen LogP contribution in [0.5, 0.6) is 0 Å². The van der Waals surface area contributed by atoms with Gasteiger partial charge in [-0.1, -0.05) is 18.2 Å². The lowest BCUT2D eigenvalue weighted by Crippen LogP contribution is -2.43. The zero-order chi connectivity index (χ0) is 14.5. The number of rotatable bonds is 5. The van der Waals surface area contributed by atoms with Crippen LogP contribution in [-0.4, -0.2) is 36.2 Å². The maximum absolute atomic E-state index is 12.0. The number of nitrogens with zero attached hydrogens (tertiary/aromatic N) is 1. The first-order valence-electron chi connectivity index (χ1n) is 6.03. The van der Waals surface area contributed by atoms with Gasteiger partial charge in [-0.15, -0.1) is 11.6 Å². The fraction of sp³-hybridized carbons (Fsp3) is 0.429. The van der Waals surface area contributed by atoms with Crippen molar-refractivity contribution in [1.29, 1.82) is 0 Å². The maximum atomic E-state index is 12.0. The molecular weight excluding hydrogens is 264 g/mol. The molecule has 1 aromatic carbocycles. The Bertz CT molecular complexity index is 446. The Balaban J connectivity index is 2.55. The van der Waals surface area contributed by atoms with Gasteiger partial charge in [-0.2, -0.15) is 0 Å². The number of carbonyl (C=O) groups excluding carboxylic acids is 2. The Kier molecular flexibility index (Phi) is 5.36. The second-order valence-corrected chi connectivity index (χ2v) is 5.36. The molecule has 104 valence electrons. The van der Waals surface area contributed by atoms with Crippen molar-refractivity contribution in [2.24, 2.45) is 5.41 Å². The summed E-state index contributed by atoms with van der Waals surface area (Å²) >= 11 is 5.75. The van der Waals surface area contributed by atoms with Crippen LogP contribution in [0.25, 0.3) is 0 Å². The summed E-state index contributed by atoms with van der Waals surface area (Å²) in [5.41, 5.74) is 0.0496. The Labute approximate surface area is 118 Å². The molecule has 5 heteroatoms. The van der Waals surface area contributed by atoms with E-state index < -0.39 is 5.41 Å². The minimum atomic E-state index is -0.663. The second-order valence-electron chi connectivity index (χ2n) is 5.09. The molecule has 1 aromatic rings. The molecule has 0 unspecified atom stereocenters. The third kappa shape index (κ3) is 4.56. The monoisotopic (exact) mass is 282 g/mol. The minimum Gasteiger partial charge on any atom is -0.336 e. The lowest BCUT2D eigenvalue weighted by Gasteiger charge is -2.27. The minimum absolute atomic E-state index is 0.00798. The molecule has 1 rings (SSSR count). The van der Waals surface area contributed by atoms with Crippen molar-refractivity contribution >= 4 is 29.1 Å². The molecule has 0 heterocycles. The topological polar surface area (TPSA) is 49.4 Å². The normalized spacial score (nSPS) is 10.9. The van der Waals surface area contributed by atoms with Gasteiger partial charge in [0.2, 0.25) is 11.8 Å². The number of halogens is 1. The molecule has 1 N–H and O–H groups in total. The van der Waals surface area contributed by atoms with E-state index in [9.17, 15) is 9.59 Å². The Morgan fingerprint density at radius 2 is 1.84 bits per heavy atom. The van der Waals surface area contributed by atoms with Crippen LogP contribution in [0.2, 0.25) is 0 Å². The summed E-state index contributed by atoms with van der Waals surface area (Å²) in [5.74, 6) is -0.158. The number of amides is 2. The number of carbonyl (C=O) groups is 2. The molecule has 0 fully saturated rings. The van der Waals surface area contributed by atoms with E-state index in [1.807, 2.05) is 18.2 Å². The summed E-state index contributed by atoms with van der Waals surface area (Å²) in [6.45, 7) is 3.52. The van der Waals surface area contributed by atoms with E-state index in [0.29, 0.717) is 5.69 Å². The average Bonchev–Trinajstić information content (AvgIpc) is 2.38. The molecule has 0 aliphatic rings. The molecule has 0 radical (unpaired) electrons. The average molecular weight is 283 g/mol. The standard InChI is InChI=1S/C14H19ClN2O2/c1-14(2,10-15)13(19)17(3)9-12(18)16-11-7-5-4-6-8-11/h4-8H,9-10H2,1-3H3,(H,16,18). The van der Waals surface area contributed by atoms with Gasteiger partial charge in [0.1, 0.15) is 0 Å². The van der Waals surface area contributed by atoms with Gasteiger partial charge < -0.3 is 10.2 Å². The van der Waals surface area contributed by atoms with E-state index in [-0.39, 0.29) is 24.2 Å². The summed E-state index contributed by atoms with van der Waals surface area (Å²) in [4.78, 5) is 25.2. The zero-order valence-electron chi connectivity index (χ0n) is 11.4. The van der Waals surface area contributed by atoms with Crippen LogP contribution in [0.15, 0.2) is 30.3 Å². The first kappa shape index (κ1) is 15.5. The quantitative estimate of drug-likeness (QED) is 0.843. The Morgan fingerprint density at radius 1 is 1.26 bits per heavy atom. The maximum Gasteiger partial charge on any atom is 0.243 e. The van der Waals surface area contributed by atoms with Crippen molar-refractivity contribution in [3.8, 4) is 0 Å². The Morgan fingerprint density at radius 3 is 2.37 bits per heavy atom. The van der Waals surface area contributed by atoms with Gasteiger partial charge in [0, 0.05) is 18.6 Å². The first-order chi connectivity index (χ1) is 8.86. The van der Waals surface area contributed by atoms with Crippen LogP contribution in [0.4, 0.5) is 5.69 Å². The highest BCUT2D eigenvalue weighted by Crippen LogP contribution is 2.19. The van der Waals surface area contributed by atoms with Crippen molar-refractivity contribution in [1.82, 2.24) is 4.90 Å². The van der Waals surface area contributed by atoms with Crippen LogP contribution in [0, 0.1) is 5.41 Å². The van der Waals surface area contributed by atoms with Crippen molar-refractivity contribution in [3.63, 3.8) is 0 Å². The lowest BCUT2D eigenvalue weighted by atomic mass is 9.94. The summed E-state index contributed by atoms with van der Waals surface area (Å²) in [6, 6.07) is 9.13. The molecule has 0 aromatic heterocycles. The molecule has 0 aliphatic heterocycles.